The number of piperidine rings is 1. The molecule has 1 aliphatic rings. The van der Waals surface area contributed by atoms with Crippen LogP contribution < -0.4 is 15.4 Å². The Hall–Kier alpha value is -3.96. The van der Waals surface area contributed by atoms with E-state index in [-0.39, 0.29) is 47.9 Å². The van der Waals surface area contributed by atoms with Crippen molar-refractivity contribution in [3.05, 3.63) is 48.2 Å². The zero-order chi connectivity index (χ0) is 29.0. The highest BCUT2D eigenvalue weighted by atomic mass is 32.2. The predicted octanol–water partition coefficient (Wildman–Crippen LogP) is 4.42. The first-order valence-corrected chi connectivity index (χ1v) is 13.1. The number of fused-ring (bicyclic) bond motifs is 1. The van der Waals surface area contributed by atoms with Crippen molar-refractivity contribution < 1.29 is 41.0 Å². The van der Waals surface area contributed by atoms with Crippen LogP contribution in [0.3, 0.4) is 0 Å². The lowest BCUT2D eigenvalue weighted by molar-refractivity contribution is -0.140. The Morgan fingerprint density at radius 1 is 1.25 bits per heavy atom. The molecule has 0 spiro atoms. The number of aromatic nitrogens is 1. The molecule has 1 unspecified atom stereocenters. The lowest BCUT2D eigenvalue weighted by Gasteiger charge is -2.34. The number of halogens is 4. The van der Waals surface area contributed by atoms with E-state index in [0.29, 0.717) is 16.8 Å². The molecule has 1 saturated heterocycles. The fourth-order valence-corrected chi connectivity index (χ4v) is 4.88. The van der Waals surface area contributed by atoms with Crippen molar-refractivity contribution in [3.8, 4) is 17.6 Å². The Bertz CT molecular complexity index is 1480. The van der Waals surface area contributed by atoms with E-state index < -0.39 is 42.1 Å². The first-order valence-electron chi connectivity index (χ1n) is 12.0. The number of alkyl halides is 4. The maximum absolute atomic E-state index is 14.7. The molecule has 4 rings (SSSR count). The average molecular weight is 582 g/mol. The number of carbonyl (C=O) groups is 1. The van der Waals surface area contributed by atoms with Crippen LogP contribution in [0.5, 0.6) is 5.75 Å². The van der Waals surface area contributed by atoms with Gasteiger partial charge in [0.05, 0.1) is 43.1 Å². The van der Waals surface area contributed by atoms with Gasteiger partial charge in [-0.25, -0.2) is 9.18 Å². The largest absolute Gasteiger partial charge is 0.768 e. The first kappa shape index (κ1) is 29.0. The number of carboxylic acid groups (broad SMARTS) is 1. The van der Waals surface area contributed by atoms with Gasteiger partial charge in [-0.3, -0.25) is 4.21 Å². The molecule has 1 aromatic heterocycles. The predicted molar refractivity (Wildman–Crippen MR) is 140 cm³/mol. The van der Waals surface area contributed by atoms with Crippen molar-refractivity contribution in [1.29, 1.82) is 0 Å². The van der Waals surface area contributed by atoms with Crippen molar-refractivity contribution in [2.45, 2.75) is 36.3 Å². The molecule has 9 nitrogen and oxygen atoms in total. The fourth-order valence-electron chi connectivity index (χ4n) is 4.50. The number of likely N-dealkylation sites (tertiary alicyclic amines) is 1. The third-order valence-electron chi connectivity index (χ3n) is 6.39. The molecule has 1 fully saturated rings. The number of ether oxygens (including phenoxy) is 1. The van der Waals surface area contributed by atoms with Gasteiger partial charge < -0.3 is 34.5 Å². The Balaban J connectivity index is 1.59. The Kier molecular flexibility index (Phi) is 8.75. The van der Waals surface area contributed by atoms with Gasteiger partial charge >= 0.3 is 12.3 Å². The second-order valence-corrected chi connectivity index (χ2v) is 9.95. The highest BCUT2D eigenvalue weighted by Gasteiger charge is 2.33. The average Bonchev–Trinajstić information content (AvgIpc) is 3.24. The maximum atomic E-state index is 14.7. The minimum absolute atomic E-state index is 0.0144. The van der Waals surface area contributed by atoms with E-state index in [1.54, 1.807) is 12.1 Å². The summed E-state index contributed by atoms with van der Waals surface area (Å²) in [7, 11) is 1.37. The summed E-state index contributed by atoms with van der Waals surface area (Å²) >= 11 is -2.44. The zero-order valence-corrected chi connectivity index (χ0v) is 21.9. The number of amides is 1. The van der Waals surface area contributed by atoms with E-state index >= 15 is 0 Å². The van der Waals surface area contributed by atoms with Crippen LogP contribution in [0.1, 0.15) is 12.1 Å². The van der Waals surface area contributed by atoms with Gasteiger partial charge in [-0.05, 0) is 59.8 Å². The van der Waals surface area contributed by atoms with Crippen molar-refractivity contribution >= 4 is 39.5 Å². The molecule has 0 aliphatic carbocycles. The van der Waals surface area contributed by atoms with Crippen molar-refractivity contribution in [2.75, 3.05) is 37.4 Å². The minimum Gasteiger partial charge on any atom is -0.768 e. The van der Waals surface area contributed by atoms with Crippen LogP contribution in [0.15, 0.2) is 47.4 Å². The molecular formula is C26H25F4N4O5S-. The summed E-state index contributed by atoms with van der Waals surface area (Å²) in [6.07, 6.45) is -7.04. The van der Waals surface area contributed by atoms with E-state index in [1.165, 1.54) is 37.4 Å². The van der Waals surface area contributed by atoms with Crippen LogP contribution >= 0.6 is 0 Å². The molecule has 2 aromatic carbocycles. The lowest BCUT2D eigenvalue weighted by Crippen LogP contribution is -2.49. The number of rotatable bonds is 7. The smallest absolute Gasteiger partial charge is 0.407 e. The second kappa shape index (κ2) is 12.1. The molecule has 14 heteroatoms. The number of nitrogens with zero attached hydrogens (tertiary/aromatic N) is 2. The SMILES string of the molecule is COc1cc(S(=O)[O-])ccc1NCC#Cc1cc2c(N[C@@H]3CCN(C(=O)O)C[C@@H]3F)cccc2n1CC(F)(F)F. The molecule has 0 radical (unpaired) electrons. The number of anilines is 2. The molecule has 40 heavy (non-hydrogen) atoms. The highest BCUT2D eigenvalue weighted by Crippen LogP contribution is 2.32. The standard InChI is InChI=1S/C26H26F4N4O5S/c1-39-24-13-17(40(37)38)7-8-22(24)31-10-3-4-16-12-18-20(5-2-6-23(18)34(16)15-26(28,29)30)32-21-9-11-33(25(35)36)14-19(21)27/h2,5-8,12-13,19,21,31-32H,9-11,14-15H2,1H3,(H,35,36)(H,37,38)/p-1/t19-,21+/m0/s1. The molecule has 0 saturated carbocycles. The molecule has 1 amide bonds. The van der Waals surface area contributed by atoms with Gasteiger partial charge in [0.1, 0.15) is 18.5 Å². The van der Waals surface area contributed by atoms with E-state index in [1.807, 2.05) is 0 Å². The number of benzene rings is 2. The second-order valence-electron chi connectivity index (χ2n) is 9.01. The quantitative estimate of drug-likeness (QED) is 0.215. The third-order valence-corrected chi connectivity index (χ3v) is 7.02. The summed E-state index contributed by atoms with van der Waals surface area (Å²) in [4.78, 5) is 12.2. The van der Waals surface area contributed by atoms with Gasteiger partial charge in [0.15, 0.2) is 0 Å². The molecule has 3 atom stereocenters. The van der Waals surface area contributed by atoms with Crippen molar-refractivity contribution in [2.24, 2.45) is 0 Å². The molecule has 1 aliphatic heterocycles. The Labute approximate surface area is 229 Å². The maximum Gasteiger partial charge on any atom is 0.407 e. The van der Waals surface area contributed by atoms with Gasteiger partial charge in [-0.1, -0.05) is 12.0 Å². The van der Waals surface area contributed by atoms with Crippen LogP contribution in [0.2, 0.25) is 0 Å². The summed E-state index contributed by atoms with van der Waals surface area (Å²) in [6.45, 7) is -1.45. The number of nitrogens with one attached hydrogen (secondary N) is 2. The molecule has 3 N–H and O–H groups in total. The normalized spacial score (nSPS) is 18.1. The van der Waals surface area contributed by atoms with Crippen LogP contribution in [0.25, 0.3) is 10.9 Å². The molecule has 3 aromatic rings. The minimum atomic E-state index is -4.53. The fraction of sp³-hybridized carbons (Fsp3) is 0.346. The summed E-state index contributed by atoms with van der Waals surface area (Å²) in [5.74, 6) is 5.79. The van der Waals surface area contributed by atoms with Gasteiger partial charge in [0.25, 0.3) is 0 Å². The van der Waals surface area contributed by atoms with Gasteiger partial charge in [-0.15, -0.1) is 0 Å². The summed E-state index contributed by atoms with van der Waals surface area (Å²) < 4.78 is 83.7. The summed E-state index contributed by atoms with van der Waals surface area (Å²) in [5.41, 5.74) is 1.20. The number of hydrogen-bond acceptors (Lipinski definition) is 6. The summed E-state index contributed by atoms with van der Waals surface area (Å²) in [5, 5.41) is 15.5. The monoisotopic (exact) mass is 581 g/mol. The number of methoxy groups -OCH3 is 1. The van der Waals surface area contributed by atoms with Crippen LogP contribution in [0.4, 0.5) is 33.7 Å². The topological polar surface area (TPSA) is 119 Å². The highest BCUT2D eigenvalue weighted by molar-refractivity contribution is 7.79. The molecular weight excluding hydrogens is 556 g/mol. The van der Waals surface area contributed by atoms with Crippen molar-refractivity contribution in [3.63, 3.8) is 0 Å². The first-order chi connectivity index (χ1) is 19.0. The Morgan fingerprint density at radius 2 is 2.02 bits per heavy atom. The molecule has 0 bridgehead atoms. The third kappa shape index (κ3) is 6.78. The molecule has 2 heterocycles. The van der Waals surface area contributed by atoms with Crippen LogP contribution in [-0.2, 0) is 17.6 Å². The van der Waals surface area contributed by atoms with Crippen molar-refractivity contribution in [1.82, 2.24) is 9.47 Å². The van der Waals surface area contributed by atoms with E-state index in [4.69, 9.17) is 9.84 Å². The van der Waals surface area contributed by atoms with E-state index in [0.717, 1.165) is 9.47 Å². The summed E-state index contributed by atoms with van der Waals surface area (Å²) in [6, 6.07) is 9.65. The zero-order valence-electron chi connectivity index (χ0n) is 21.1. The van der Waals surface area contributed by atoms with Crippen LogP contribution in [-0.4, -0.2) is 74.6 Å². The van der Waals surface area contributed by atoms with Gasteiger partial charge in [0, 0.05) is 22.5 Å². The van der Waals surface area contributed by atoms with Gasteiger partial charge in [-0.2, -0.15) is 13.2 Å². The van der Waals surface area contributed by atoms with Crippen LogP contribution in [0, 0.1) is 11.8 Å². The van der Waals surface area contributed by atoms with Gasteiger partial charge in [0.2, 0.25) is 0 Å². The van der Waals surface area contributed by atoms with E-state index in [9.17, 15) is 31.1 Å². The lowest BCUT2D eigenvalue weighted by atomic mass is 10.0. The molecule has 214 valence electrons. The van der Waals surface area contributed by atoms with E-state index in [2.05, 4.69) is 22.5 Å². The number of hydrogen-bond donors (Lipinski definition) is 3. The Morgan fingerprint density at radius 3 is 2.67 bits per heavy atom.